The third-order valence-corrected chi connectivity index (χ3v) is 1.60. The van der Waals surface area contributed by atoms with Crippen molar-refractivity contribution in [1.82, 2.24) is 0 Å². The summed E-state index contributed by atoms with van der Waals surface area (Å²) in [5.74, 6) is 0.896. The van der Waals surface area contributed by atoms with Gasteiger partial charge in [0.2, 0.25) is 6.20 Å². The molecule has 10 heavy (non-hydrogen) atoms. The molecule has 0 aromatic carbocycles. The average molecular weight is 138 g/mol. The Hall–Kier alpha value is -1.05. The SMILES string of the molecule is COc1ccc(C)[n+](C)c1. The molecule has 2 nitrogen and oxygen atoms in total. The monoisotopic (exact) mass is 138 g/mol. The molecule has 0 N–H and O–H groups in total. The van der Waals surface area contributed by atoms with E-state index in [1.54, 1.807) is 7.11 Å². The van der Waals surface area contributed by atoms with E-state index in [9.17, 15) is 0 Å². The molecule has 0 amide bonds. The molecule has 0 aliphatic heterocycles. The molecule has 1 aromatic rings. The maximum absolute atomic E-state index is 5.03. The lowest BCUT2D eigenvalue weighted by Crippen LogP contribution is -2.30. The van der Waals surface area contributed by atoms with Crippen molar-refractivity contribution >= 4 is 0 Å². The maximum Gasteiger partial charge on any atom is 0.211 e. The summed E-state index contributed by atoms with van der Waals surface area (Å²) in [5.41, 5.74) is 1.22. The van der Waals surface area contributed by atoms with E-state index in [4.69, 9.17) is 4.74 Å². The Morgan fingerprint density at radius 2 is 2.10 bits per heavy atom. The number of hydrogen-bond donors (Lipinski definition) is 0. The van der Waals surface area contributed by atoms with Gasteiger partial charge in [-0.15, -0.1) is 0 Å². The van der Waals surface area contributed by atoms with Gasteiger partial charge in [0.15, 0.2) is 11.4 Å². The molecule has 1 heterocycles. The molecule has 0 aliphatic rings. The zero-order valence-electron chi connectivity index (χ0n) is 6.59. The van der Waals surface area contributed by atoms with Crippen molar-refractivity contribution in [3.05, 3.63) is 24.0 Å². The van der Waals surface area contributed by atoms with Gasteiger partial charge < -0.3 is 4.74 Å². The van der Waals surface area contributed by atoms with Gasteiger partial charge in [-0.25, -0.2) is 4.57 Å². The summed E-state index contributed by atoms with van der Waals surface area (Å²) in [5, 5.41) is 0. The molecule has 54 valence electrons. The quantitative estimate of drug-likeness (QED) is 0.524. The minimum Gasteiger partial charge on any atom is -0.491 e. The number of pyridine rings is 1. The lowest BCUT2D eigenvalue weighted by Gasteiger charge is -1.97. The highest BCUT2D eigenvalue weighted by Crippen LogP contribution is 2.04. The summed E-state index contributed by atoms with van der Waals surface area (Å²) >= 11 is 0. The molecule has 1 rings (SSSR count). The second kappa shape index (κ2) is 2.69. The van der Waals surface area contributed by atoms with Crippen molar-refractivity contribution in [2.24, 2.45) is 7.05 Å². The average Bonchev–Trinajstić information content (AvgIpc) is 1.95. The van der Waals surface area contributed by atoms with Gasteiger partial charge in [0, 0.05) is 13.0 Å². The molecule has 2 heteroatoms. The molecule has 0 saturated carbocycles. The van der Waals surface area contributed by atoms with E-state index in [2.05, 4.69) is 6.92 Å². The summed E-state index contributed by atoms with van der Waals surface area (Å²) in [7, 11) is 3.67. The highest BCUT2D eigenvalue weighted by atomic mass is 16.5. The number of nitrogens with zero attached hydrogens (tertiary/aromatic N) is 1. The Morgan fingerprint density at radius 3 is 2.60 bits per heavy atom. The summed E-state index contributed by atoms with van der Waals surface area (Å²) < 4.78 is 7.06. The van der Waals surface area contributed by atoms with Crippen molar-refractivity contribution in [3.63, 3.8) is 0 Å². The summed E-state index contributed by atoms with van der Waals surface area (Å²) in [4.78, 5) is 0. The second-order valence-electron chi connectivity index (χ2n) is 2.32. The number of ether oxygens (including phenoxy) is 1. The van der Waals surface area contributed by atoms with Gasteiger partial charge in [-0.1, -0.05) is 0 Å². The zero-order chi connectivity index (χ0) is 7.56. The van der Waals surface area contributed by atoms with E-state index >= 15 is 0 Å². The van der Waals surface area contributed by atoms with Crippen LogP contribution in [0.2, 0.25) is 0 Å². The van der Waals surface area contributed by atoms with E-state index in [0.717, 1.165) is 5.75 Å². The first-order chi connectivity index (χ1) is 4.74. The fourth-order valence-electron chi connectivity index (χ4n) is 0.777. The van der Waals surface area contributed by atoms with Gasteiger partial charge in [-0.05, 0) is 6.07 Å². The Morgan fingerprint density at radius 1 is 1.40 bits per heavy atom. The van der Waals surface area contributed by atoms with E-state index in [1.807, 2.05) is 29.9 Å². The molecule has 0 radical (unpaired) electrons. The number of aromatic nitrogens is 1. The van der Waals surface area contributed by atoms with Crippen molar-refractivity contribution in [2.45, 2.75) is 6.92 Å². The van der Waals surface area contributed by atoms with Crippen LogP contribution in [-0.2, 0) is 7.05 Å². The lowest BCUT2D eigenvalue weighted by atomic mass is 10.3. The van der Waals surface area contributed by atoms with E-state index < -0.39 is 0 Å². The Kier molecular flexibility index (Phi) is 1.90. The van der Waals surface area contributed by atoms with Crippen LogP contribution in [0, 0.1) is 6.92 Å². The standard InChI is InChI=1S/C8H12NO/c1-7-4-5-8(10-3)6-9(7)2/h4-6H,1-3H3/q+1. The van der Waals surface area contributed by atoms with Gasteiger partial charge >= 0.3 is 0 Å². The minimum atomic E-state index is 0.896. The third-order valence-electron chi connectivity index (χ3n) is 1.60. The highest BCUT2D eigenvalue weighted by Gasteiger charge is 2.00. The zero-order valence-corrected chi connectivity index (χ0v) is 6.59. The van der Waals surface area contributed by atoms with Crippen molar-refractivity contribution in [3.8, 4) is 5.75 Å². The number of hydrogen-bond acceptors (Lipinski definition) is 1. The van der Waals surface area contributed by atoms with Gasteiger partial charge in [0.1, 0.15) is 7.05 Å². The molecule has 1 aromatic heterocycles. The van der Waals surface area contributed by atoms with Crippen LogP contribution >= 0.6 is 0 Å². The molecular weight excluding hydrogens is 126 g/mol. The highest BCUT2D eigenvalue weighted by molar-refractivity contribution is 5.14. The van der Waals surface area contributed by atoms with Gasteiger partial charge in [-0.2, -0.15) is 0 Å². The van der Waals surface area contributed by atoms with Crippen LogP contribution in [0.1, 0.15) is 5.69 Å². The summed E-state index contributed by atoms with van der Waals surface area (Å²) in [6.45, 7) is 2.06. The van der Waals surface area contributed by atoms with E-state index in [-0.39, 0.29) is 0 Å². The van der Waals surface area contributed by atoms with Crippen LogP contribution < -0.4 is 9.30 Å². The smallest absolute Gasteiger partial charge is 0.211 e. The molecule has 0 atom stereocenters. The molecule has 0 saturated heterocycles. The first-order valence-corrected chi connectivity index (χ1v) is 3.24. The van der Waals surface area contributed by atoms with Crippen LogP contribution in [0.15, 0.2) is 18.3 Å². The maximum atomic E-state index is 5.03. The van der Waals surface area contributed by atoms with Gasteiger partial charge in [0.25, 0.3) is 0 Å². The second-order valence-corrected chi connectivity index (χ2v) is 2.32. The fourth-order valence-corrected chi connectivity index (χ4v) is 0.777. The molecule has 0 bridgehead atoms. The predicted molar refractivity (Wildman–Crippen MR) is 38.9 cm³/mol. The first-order valence-electron chi connectivity index (χ1n) is 3.24. The normalized spacial score (nSPS) is 9.50. The molecule has 0 unspecified atom stereocenters. The van der Waals surface area contributed by atoms with Crippen molar-refractivity contribution in [1.29, 1.82) is 0 Å². The molecule has 0 fully saturated rings. The molecule has 0 spiro atoms. The lowest BCUT2D eigenvalue weighted by molar-refractivity contribution is -0.678. The number of rotatable bonds is 1. The van der Waals surface area contributed by atoms with E-state index in [0.29, 0.717) is 0 Å². The number of aryl methyl sites for hydroxylation is 2. The van der Waals surface area contributed by atoms with Crippen LogP contribution in [-0.4, -0.2) is 7.11 Å². The molecular formula is C8H12NO+. The largest absolute Gasteiger partial charge is 0.491 e. The van der Waals surface area contributed by atoms with Crippen molar-refractivity contribution in [2.75, 3.05) is 7.11 Å². The van der Waals surface area contributed by atoms with Crippen molar-refractivity contribution < 1.29 is 9.30 Å². The minimum absolute atomic E-state index is 0.896. The van der Waals surface area contributed by atoms with E-state index in [1.165, 1.54) is 5.69 Å². The Bertz CT molecular complexity index is 233. The van der Waals surface area contributed by atoms with Gasteiger partial charge in [-0.3, -0.25) is 0 Å². The third kappa shape index (κ3) is 1.26. The first kappa shape index (κ1) is 7.06. The van der Waals surface area contributed by atoms with Crippen LogP contribution in [0.3, 0.4) is 0 Å². The van der Waals surface area contributed by atoms with Crippen LogP contribution in [0.5, 0.6) is 5.75 Å². The topological polar surface area (TPSA) is 13.1 Å². The van der Waals surface area contributed by atoms with Crippen LogP contribution in [0.25, 0.3) is 0 Å². The fraction of sp³-hybridized carbons (Fsp3) is 0.375. The Balaban J connectivity index is 3.04. The predicted octanol–water partition coefficient (Wildman–Crippen LogP) is 0.828. The summed E-state index contributed by atoms with van der Waals surface area (Å²) in [6, 6.07) is 3.98. The summed E-state index contributed by atoms with van der Waals surface area (Å²) in [6.07, 6.45) is 1.95. The molecule has 0 aliphatic carbocycles. The Labute approximate surface area is 61.1 Å². The van der Waals surface area contributed by atoms with Gasteiger partial charge in [0.05, 0.1) is 7.11 Å². The number of methoxy groups -OCH3 is 1. The van der Waals surface area contributed by atoms with Crippen LogP contribution in [0.4, 0.5) is 0 Å².